The van der Waals surface area contributed by atoms with Crippen molar-refractivity contribution in [2.75, 3.05) is 6.61 Å². The molecule has 0 aliphatic heterocycles. The summed E-state index contributed by atoms with van der Waals surface area (Å²) in [5.41, 5.74) is 5.82. The van der Waals surface area contributed by atoms with Gasteiger partial charge in [0.2, 0.25) is 0 Å². The monoisotopic (exact) mass is 713 g/mol. The number of ether oxygens (including phenoxy) is 1. The number of nitrogens with one attached hydrogen (secondary N) is 1. The molecule has 0 fully saturated rings. The summed E-state index contributed by atoms with van der Waals surface area (Å²) in [4.78, 5) is 27.1. The van der Waals surface area contributed by atoms with Crippen LogP contribution < -0.4 is 5.32 Å². The zero-order valence-electron chi connectivity index (χ0n) is 30.6. The highest BCUT2D eigenvalue weighted by atomic mass is 32.2. The van der Waals surface area contributed by atoms with Gasteiger partial charge < -0.3 is 18.9 Å². The van der Waals surface area contributed by atoms with E-state index in [1.165, 1.54) is 34.0 Å². The number of carbonyl (C=O) groups is 2. The summed E-state index contributed by atoms with van der Waals surface area (Å²) < 4.78 is 19.5. The van der Waals surface area contributed by atoms with E-state index in [0.29, 0.717) is 30.9 Å². The molecule has 3 aromatic carbocycles. The van der Waals surface area contributed by atoms with E-state index in [1.54, 1.807) is 6.08 Å². The fourth-order valence-corrected chi connectivity index (χ4v) is 9.69. The van der Waals surface area contributed by atoms with Crippen molar-refractivity contribution >= 4 is 31.5 Å². The second-order valence-corrected chi connectivity index (χ2v) is 18.7. The Hall–Kier alpha value is -3.43. The summed E-state index contributed by atoms with van der Waals surface area (Å²) in [6.45, 7) is 20.8. The number of fused-ring (bicyclic) bond motifs is 3. The molecule has 268 valence electrons. The lowest BCUT2D eigenvalue weighted by Gasteiger charge is -2.37. The van der Waals surface area contributed by atoms with Gasteiger partial charge >= 0.3 is 14.7 Å². The zero-order chi connectivity index (χ0) is 36.3. The Balaban J connectivity index is 1.44. The van der Waals surface area contributed by atoms with Gasteiger partial charge in [0.05, 0.1) is 24.2 Å². The van der Waals surface area contributed by atoms with Gasteiger partial charge in [-0.1, -0.05) is 130 Å². The number of amides is 1. The van der Waals surface area contributed by atoms with Crippen LogP contribution in [-0.2, 0) is 24.1 Å². The van der Waals surface area contributed by atoms with Gasteiger partial charge in [0.1, 0.15) is 6.61 Å². The maximum atomic E-state index is 13.6. The SMILES string of the molecule is C=CC[C@@H](O[Si](C)(C)O[C@@H](C=C)[C@@H](CC(C)C)C(=O)SCc1ccccc1)[C@H](CC(C)C)NC(=O)OCC1c2ccccc2-c2ccccc21. The Morgan fingerprint density at radius 2 is 1.42 bits per heavy atom. The van der Waals surface area contributed by atoms with Gasteiger partial charge in [-0.3, -0.25) is 4.79 Å². The van der Waals surface area contributed by atoms with Crippen molar-refractivity contribution in [1.29, 1.82) is 0 Å². The van der Waals surface area contributed by atoms with E-state index < -0.39 is 26.9 Å². The molecule has 0 bridgehead atoms. The van der Waals surface area contributed by atoms with E-state index in [9.17, 15) is 9.59 Å². The Morgan fingerprint density at radius 1 is 0.840 bits per heavy atom. The van der Waals surface area contributed by atoms with Crippen LogP contribution in [0.15, 0.2) is 104 Å². The van der Waals surface area contributed by atoms with Crippen LogP contribution in [0.2, 0.25) is 13.1 Å². The van der Waals surface area contributed by atoms with Gasteiger partial charge in [0, 0.05) is 11.7 Å². The molecule has 0 saturated carbocycles. The van der Waals surface area contributed by atoms with Crippen LogP contribution in [0.25, 0.3) is 11.1 Å². The molecule has 4 atom stereocenters. The highest BCUT2D eigenvalue weighted by Gasteiger charge is 2.39. The minimum atomic E-state index is -2.89. The molecule has 0 radical (unpaired) electrons. The minimum Gasteiger partial charge on any atom is -0.449 e. The number of benzene rings is 3. The molecule has 0 heterocycles. The maximum absolute atomic E-state index is 13.6. The number of alkyl carbamates (subject to hydrolysis) is 1. The fourth-order valence-electron chi connectivity index (χ4n) is 6.78. The van der Waals surface area contributed by atoms with Crippen LogP contribution >= 0.6 is 11.8 Å². The van der Waals surface area contributed by atoms with Crippen molar-refractivity contribution in [3.8, 4) is 11.1 Å². The standard InChI is InChI=1S/C42H55NO5SSi/c1-9-18-40(48-50(7,8)47-39(10-2)36(25-29(3)4)41(44)49-28-31-19-12-11-13-20-31)38(26-30(5)6)43-42(45)46-27-37-34-23-16-14-21-32(34)33-22-15-17-24-35(33)37/h9-17,19-24,29-30,36-40H,1-2,18,25-28H2,3-8H3,(H,43,45)/t36-,38+,39+,40-/m1/s1. The first-order valence-electron chi connectivity index (χ1n) is 17.8. The van der Waals surface area contributed by atoms with E-state index in [-0.39, 0.29) is 35.5 Å². The van der Waals surface area contributed by atoms with Crippen molar-refractivity contribution < 1.29 is 23.2 Å². The molecule has 1 aliphatic rings. The highest BCUT2D eigenvalue weighted by Crippen LogP contribution is 2.44. The smallest absolute Gasteiger partial charge is 0.407 e. The van der Waals surface area contributed by atoms with Crippen LogP contribution in [0.3, 0.4) is 0 Å². The van der Waals surface area contributed by atoms with Gasteiger partial charge in [-0.05, 0) is 72.0 Å². The summed E-state index contributed by atoms with van der Waals surface area (Å²) in [6.07, 6.45) is 4.07. The van der Waals surface area contributed by atoms with Crippen LogP contribution in [0.5, 0.6) is 0 Å². The average molecular weight is 714 g/mol. The summed E-state index contributed by atoms with van der Waals surface area (Å²) in [7, 11) is -2.89. The Bertz CT molecular complexity index is 1530. The van der Waals surface area contributed by atoms with Gasteiger partial charge in [-0.25, -0.2) is 4.79 Å². The largest absolute Gasteiger partial charge is 0.449 e. The second-order valence-electron chi connectivity index (χ2n) is 14.4. The molecule has 1 N–H and O–H groups in total. The van der Waals surface area contributed by atoms with E-state index in [0.717, 1.165) is 5.56 Å². The summed E-state index contributed by atoms with van der Waals surface area (Å²) in [6, 6.07) is 26.3. The number of thioether (sulfide) groups is 1. The molecule has 0 saturated heterocycles. The Kier molecular flexibility index (Phi) is 14.7. The molecule has 4 rings (SSSR count). The first kappa shape index (κ1) is 39.4. The van der Waals surface area contributed by atoms with Crippen LogP contribution in [-0.4, -0.2) is 44.6 Å². The summed E-state index contributed by atoms with van der Waals surface area (Å²) in [5.74, 6) is 0.795. The summed E-state index contributed by atoms with van der Waals surface area (Å²) in [5, 5.41) is 3.24. The molecule has 3 aromatic rings. The lowest BCUT2D eigenvalue weighted by atomic mass is 9.93. The van der Waals surface area contributed by atoms with Crippen molar-refractivity contribution in [3.63, 3.8) is 0 Å². The van der Waals surface area contributed by atoms with Gasteiger partial charge in [0.15, 0.2) is 5.12 Å². The van der Waals surface area contributed by atoms with Crippen molar-refractivity contribution in [2.24, 2.45) is 17.8 Å². The maximum Gasteiger partial charge on any atom is 0.407 e. The van der Waals surface area contributed by atoms with Crippen LogP contribution in [0.4, 0.5) is 4.79 Å². The molecule has 50 heavy (non-hydrogen) atoms. The van der Waals surface area contributed by atoms with Crippen molar-refractivity contribution in [2.45, 2.75) is 90.0 Å². The minimum absolute atomic E-state index is 0.0279. The fraction of sp³-hybridized carbons (Fsp3) is 0.429. The Labute approximate surface area is 305 Å². The normalized spacial score (nSPS) is 15.1. The van der Waals surface area contributed by atoms with Crippen molar-refractivity contribution in [1.82, 2.24) is 5.32 Å². The number of hydrogen-bond acceptors (Lipinski definition) is 6. The molecule has 0 spiro atoms. The lowest BCUT2D eigenvalue weighted by molar-refractivity contribution is -0.117. The molecule has 1 aliphatic carbocycles. The first-order valence-corrected chi connectivity index (χ1v) is 21.6. The topological polar surface area (TPSA) is 73.9 Å². The van der Waals surface area contributed by atoms with Gasteiger partial charge in [0.25, 0.3) is 0 Å². The van der Waals surface area contributed by atoms with Crippen molar-refractivity contribution in [3.05, 3.63) is 121 Å². The third kappa shape index (κ3) is 11.0. The number of rotatable bonds is 19. The van der Waals surface area contributed by atoms with E-state index in [2.05, 4.69) is 70.4 Å². The van der Waals surface area contributed by atoms with Crippen LogP contribution in [0, 0.1) is 17.8 Å². The van der Waals surface area contributed by atoms with Gasteiger partial charge in [-0.15, -0.1) is 13.2 Å². The third-order valence-electron chi connectivity index (χ3n) is 8.96. The number of hydrogen-bond donors (Lipinski definition) is 1. The zero-order valence-corrected chi connectivity index (χ0v) is 32.4. The summed E-state index contributed by atoms with van der Waals surface area (Å²) >= 11 is 1.33. The Morgan fingerprint density at radius 3 is 1.98 bits per heavy atom. The predicted octanol–water partition coefficient (Wildman–Crippen LogP) is 10.3. The van der Waals surface area contributed by atoms with E-state index >= 15 is 0 Å². The molecule has 0 aromatic heterocycles. The quantitative estimate of drug-likeness (QED) is 0.0985. The number of carbonyl (C=O) groups excluding carboxylic acids is 2. The van der Waals surface area contributed by atoms with Crippen LogP contribution in [0.1, 0.15) is 69.6 Å². The average Bonchev–Trinajstić information content (AvgIpc) is 3.41. The molecule has 6 nitrogen and oxygen atoms in total. The molecular weight excluding hydrogens is 659 g/mol. The van der Waals surface area contributed by atoms with E-state index in [4.69, 9.17) is 13.6 Å². The molecule has 1 amide bonds. The first-order chi connectivity index (χ1) is 23.9. The highest BCUT2D eigenvalue weighted by molar-refractivity contribution is 8.13. The second kappa shape index (κ2) is 18.7. The van der Waals surface area contributed by atoms with E-state index in [1.807, 2.05) is 73.8 Å². The lowest BCUT2D eigenvalue weighted by Crippen LogP contribution is -2.52. The van der Waals surface area contributed by atoms with Gasteiger partial charge in [-0.2, -0.15) is 0 Å². The molecule has 0 unspecified atom stereocenters. The molecule has 8 heteroatoms. The molecular formula is C42H55NO5SSi. The predicted molar refractivity (Wildman–Crippen MR) is 209 cm³/mol. The third-order valence-corrected chi connectivity index (χ3v) is 11.7.